The van der Waals surface area contributed by atoms with Crippen molar-refractivity contribution in [2.24, 2.45) is 0 Å². The number of benzene rings is 3. The van der Waals surface area contributed by atoms with Crippen LogP contribution in [0.4, 0.5) is 42.1 Å². The quantitative estimate of drug-likeness (QED) is 0.349. The number of nitrogens with one attached hydrogen (secondary N) is 1. The van der Waals surface area contributed by atoms with Gasteiger partial charge in [0.05, 0.1) is 29.6 Å². The number of hydrogen-bond acceptors (Lipinski definition) is 4. The Labute approximate surface area is 212 Å². The smallest absolute Gasteiger partial charge is 0.416 e. The Morgan fingerprint density at radius 3 is 1.87 bits per heavy atom. The zero-order valence-corrected chi connectivity index (χ0v) is 20.2. The van der Waals surface area contributed by atoms with E-state index in [9.17, 15) is 43.9 Å². The first-order chi connectivity index (χ1) is 17.5. The number of carbonyl (C=O) groups excluding carboxylic acids is 1. The van der Waals surface area contributed by atoms with Gasteiger partial charge in [0, 0.05) is 5.69 Å². The summed E-state index contributed by atoms with van der Waals surface area (Å²) in [5, 5.41) is 1.94. The van der Waals surface area contributed by atoms with Gasteiger partial charge in [0.15, 0.2) is 6.61 Å². The fourth-order valence-corrected chi connectivity index (χ4v) is 4.13. The lowest BCUT2D eigenvalue weighted by Gasteiger charge is -2.23. The molecule has 0 radical (unpaired) electrons. The Bertz CT molecular complexity index is 1360. The summed E-state index contributed by atoms with van der Waals surface area (Å²) < 4.78 is 122. The number of carbonyl (C=O) groups is 1. The predicted molar refractivity (Wildman–Crippen MR) is 124 cm³/mol. The van der Waals surface area contributed by atoms with E-state index in [0.29, 0.717) is 17.7 Å². The Morgan fingerprint density at radius 1 is 0.868 bits per heavy atom. The number of alkyl halides is 6. The van der Waals surface area contributed by atoms with Crippen LogP contribution < -0.4 is 14.4 Å². The Hall–Kier alpha value is -3.81. The van der Waals surface area contributed by atoms with Crippen molar-refractivity contribution in [3.05, 3.63) is 89.2 Å². The lowest BCUT2D eigenvalue weighted by Crippen LogP contribution is -2.29. The minimum atomic E-state index is -5.07. The number of nitrogens with zero attached hydrogens (tertiary/aromatic N) is 1. The number of anilines is 2. The van der Waals surface area contributed by atoms with Crippen molar-refractivity contribution in [3.8, 4) is 5.75 Å². The summed E-state index contributed by atoms with van der Waals surface area (Å²) in [7, 11) is -3.75. The minimum absolute atomic E-state index is 0.0659. The van der Waals surface area contributed by atoms with Crippen LogP contribution in [-0.4, -0.2) is 27.2 Å². The van der Waals surface area contributed by atoms with Gasteiger partial charge in [0.1, 0.15) is 11.6 Å². The van der Waals surface area contributed by atoms with Crippen molar-refractivity contribution in [3.63, 3.8) is 0 Å². The number of ether oxygens (including phenoxy) is 1. The molecule has 3 aromatic carbocycles. The normalized spacial score (nSPS) is 12.2. The fourth-order valence-electron chi connectivity index (χ4n) is 3.24. The van der Waals surface area contributed by atoms with Gasteiger partial charge in [0.2, 0.25) is 10.0 Å². The van der Waals surface area contributed by atoms with E-state index >= 15 is 0 Å². The molecule has 0 aliphatic rings. The number of sulfonamides is 1. The summed E-state index contributed by atoms with van der Waals surface area (Å²) >= 11 is 0. The van der Waals surface area contributed by atoms with E-state index in [1.165, 1.54) is 48.5 Å². The van der Waals surface area contributed by atoms with Gasteiger partial charge in [-0.2, -0.15) is 26.3 Å². The van der Waals surface area contributed by atoms with E-state index in [-0.39, 0.29) is 24.0 Å². The van der Waals surface area contributed by atoms with E-state index in [2.05, 4.69) is 0 Å². The summed E-state index contributed by atoms with van der Waals surface area (Å²) in [6, 6.07) is 11.2. The van der Waals surface area contributed by atoms with E-state index in [0.717, 1.165) is 10.6 Å². The third kappa shape index (κ3) is 7.84. The lowest BCUT2D eigenvalue weighted by molar-refractivity contribution is -0.143. The highest BCUT2D eigenvalue weighted by Gasteiger charge is 2.37. The van der Waals surface area contributed by atoms with Gasteiger partial charge in [0.25, 0.3) is 5.91 Å². The molecule has 0 aliphatic carbocycles. The van der Waals surface area contributed by atoms with Crippen molar-refractivity contribution in [2.45, 2.75) is 18.9 Å². The summed E-state index contributed by atoms with van der Waals surface area (Å²) in [6.07, 6.45) is -9.17. The molecule has 0 heterocycles. The number of halogens is 7. The van der Waals surface area contributed by atoms with Crippen LogP contribution in [-0.2, 0) is 33.7 Å². The molecule has 0 saturated heterocycles. The molecule has 0 aliphatic heterocycles. The summed E-state index contributed by atoms with van der Waals surface area (Å²) in [5.74, 6) is -1.45. The first-order valence-electron chi connectivity index (χ1n) is 10.6. The summed E-state index contributed by atoms with van der Waals surface area (Å²) in [5.41, 5.74) is -3.17. The van der Waals surface area contributed by atoms with Crippen LogP contribution in [0.2, 0.25) is 0 Å². The van der Waals surface area contributed by atoms with Gasteiger partial charge in [-0.25, -0.2) is 12.8 Å². The predicted octanol–water partition coefficient (Wildman–Crippen LogP) is 5.85. The number of rotatable bonds is 8. The molecule has 38 heavy (non-hydrogen) atoms. The van der Waals surface area contributed by atoms with Crippen LogP contribution in [0.25, 0.3) is 0 Å². The highest BCUT2D eigenvalue weighted by molar-refractivity contribution is 7.92. The van der Waals surface area contributed by atoms with Gasteiger partial charge in [-0.05, 0) is 60.2 Å². The van der Waals surface area contributed by atoms with Crippen LogP contribution in [0, 0.1) is 5.82 Å². The molecule has 204 valence electrons. The van der Waals surface area contributed by atoms with Gasteiger partial charge in [-0.1, -0.05) is 12.1 Å². The van der Waals surface area contributed by atoms with Crippen LogP contribution in [0.5, 0.6) is 5.75 Å². The van der Waals surface area contributed by atoms with Crippen LogP contribution in [0.15, 0.2) is 66.7 Å². The summed E-state index contributed by atoms with van der Waals surface area (Å²) in [4.78, 5) is 12.1. The maximum absolute atomic E-state index is 13.1. The molecule has 1 amide bonds. The van der Waals surface area contributed by atoms with Crippen molar-refractivity contribution >= 4 is 27.3 Å². The maximum atomic E-state index is 13.1. The molecule has 14 heteroatoms. The topological polar surface area (TPSA) is 75.7 Å². The molecule has 0 atom stereocenters. The second-order valence-corrected chi connectivity index (χ2v) is 9.93. The Kier molecular flexibility index (Phi) is 8.24. The van der Waals surface area contributed by atoms with Crippen LogP contribution in [0.3, 0.4) is 0 Å². The molecular formula is C24H19F7N2O4S. The van der Waals surface area contributed by atoms with Gasteiger partial charge in [-0.3, -0.25) is 9.10 Å². The summed E-state index contributed by atoms with van der Waals surface area (Å²) in [6.45, 7) is -0.860. The molecular weight excluding hydrogens is 545 g/mol. The standard InChI is InChI=1S/C24H19F7N2O4S/c1-38(35,36)33(13-15-2-4-18(25)5-3-15)20-6-8-21(9-7-20)37-14-22(34)32-19-11-16(23(26,27)28)10-17(12-19)24(29,30)31/h2-12H,13-14H2,1H3,(H,32,34). The number of hydrogen-bond donors (Lipinski definition) is 1. The first-order valence-corrected chi connectivity index (χ1v) is 12.4. The van der Waals surface area contributed by atoms with Crippen molar-refractivity contribution in [1.29, 1.82) is 0 Å². The molecule has 3 aromatic rings. The molecule has 0 bridgehead atoms. The molecule has 0 fully saturated rings. The fraction of sp³-hybridized carbons (Fsp3) is 0.208. The third-order valence-corrected chi connectivity index (χ3v) is 6.15. The molecule has 0 aromatic heterocycles. The third-order valence-electron chi connectivity index (χ3n) is 5.01. The van der Waals surface area contributed by atoms with E-state index in [1.807, 2.05) is 5.32 Å². The molecule has 6 nitrogen and oxygen atoms in total. The number of amides is 1. The van der Waals surface area contributed by atoms with Crippen molar-refractivity contribution < 1.29 is 48.7 Å². The highest BCUT2D eigenvalue weighted by atomic mass is 32.2. The Morgan fingerprint density at radius 2 is 1.39 bits per heavy atom. The Balaban J connectivity index is 1.69. The second-order valence-electron chi connectivity index (χ2n) is 8.02. The van der Waals surface area contributed by atoms with Gasteiger partial charge >= 0.3 is 12.4 Å². The highest BCUT2D eigenvalue weighted by Crippen LogP contribution is 2.37. The molecule has 0 saturated carbocycles. The monoisotopic (exact) mass is 564 g/mol. The van der Waals surface area contributed by atoms with E-state index < -0.39 is 57.5 Å². The minimum Gasteiger partial charge on any atom is -0.484 e. The van der Waals surface area contributed by atoms with Crippen molar-refractivity contribution in [1.82, 2.24) is 0 Å². The van der Waals surface area contributed by atoms with Crippen LogP contribution in [0.1, 0.15) is 16.7 Å². The molecule has 3 rings (SSSR count). The second kappa shape index (κ2) is 10.9. The van der Waals surface area contributed by atoms with E-state index in [4.69, 9.17) is 4.74 Å². The molecule has 0 spiro atoms. The SMILES string of the molecule is CS(=O)(=O)N(Cc1ccc(F)cc1)c1ccc(OCC(=O)Nc2cc(C(F)(F)F)cc(C(F)(F)F)c2)cc1. The average Bonchev–Trinajstić information content (AvgIpc) is 2.81. The molecule has 1 N–H and O–H groups in total. The molecule has 0 unspecified atom stereocenters. The zero-order chi connectivity index (χ0) is 28.3. The van der Waals surface area contributed by atoms with E-state index in [1.54, 1.807) is 0 Å². The first kappa shape index (κ1) is 28.8. The van der Waals surface area contributed by atoms with Crippen LogP contribution >= 0.6 is 0 Å². The van der Waals surface area contributed by atoms with Gasteiger partial charge < -0.3 is 10.1 Å². The lowest BCUT2D eigenvalue weighted by atomic mass is 10.1. The average molecular weight is 564 g/mol. The van der Waals surface area contributed by atoms with Gasteiger partial charge in [-0.15, -0.1) is 0 Å². The maximum Gasteiger partial charge on any atom is 0.416 e. The zero-order valence-electron chi connectivity index (χ0n) is 19.4. The largest absolute Gasteiger partial charge is 0.484 e. The van der Waals surface area contributed by atoms with Crippen molar-refractivity contribution in [2.75, 3.05) is 22.5 Å².